The van der Waals surface area contributed by atoms with Gasteiger partial charge in [0.25, 0.3) is 0 Å². The zero-order chi connectivity index (χ0) is 18.5. The Kier molecular flexibility index (Phi) is 5.82. The normalized spacial score (nSPS) is 14.4. The fraction of sp³-hybridized carbons (Fsp3) is 0.364. The van der Waals surface area contributed by atoms with Crippen LogP contribution in [-0.4, -0.2) is 11.7 Å². The Labute approximate surface area is 153 Å². The quantitative estimate of drug-likeness (QED) is 0.775. The number of carbonyl (C=O) groups is 2. The van der Waals surface area contributed by atoms with Crippen molar-refractivity contribution in [3.63, 3.8) is 0 Å². The number of ketones is 1. The van der Waals surface area contributed by atoms with E-state index in [0.717, 1.165) is 18.4 Å². The Bertz CT molecular complexity index is 798. The molecule has 1 aliphatic carbocycles. The van der Waals surface area contributed by atoms with Crippen molar-refractivity contribution in [1.82, 2.24) is 5.32 Å². The van der Waals surface area contributed by atoms with E-state index in [-0.39, 0.29) is 36.4 Å². The highest BCUT2D eigenvalue weighted by atomic mass is 19.1. The SMILES string of the molecule is C[C@H](NC(=O)CCC(=O)c1ccc(F)cc1)c1ccc2c(c1)CCCC2. The van der Waals surface area contributed by atoms with Gasteiger partial charge in [-0.05, 0) is 73.6 Å². The summed E-state index contributed by atoms with van der Waals surface area (Å²) in [4.78, 5) is 24.3. The number of fused-ring (bicyclic) bond motifs is 1. The molecule has 0 fully saturated rings. The van der Waals surface area contributed by atoms with Crippen LogP contribution in [0.5, 0.6) is 0 Å². The van der Waals surface area contributed by atoms with Gasteiger partial charge in [-0.2, -0.15) is 0 Å². The number of halogens is 1. The summed E-state index contributed by atoms with van der Waals surface area (Å²) in [5.41, 5.74) is 4.34. The standard InChI is InChI=1S/C22H24FNO2/c1-15(18-7-6-16-4-2-3-5-19(16)14-18)24-22(26)13-12-21(25)17-8-10-20(23)11-9-17/h6-11,14-15H,2-5,12-13H2,1H3,(H,24,26)/t15-/m0/s1. The molecule has 136 valence electrons. The summed E-state index contributed by atoms with van der Waals surface area (Å²) in [6, 6.07) is 11.8. The Hall–Kier alpha value is -2.49. The number of aryl methyl sites for hydroxylation is 2. The molecule has 0 unspecified atom stereocenters. The summed E-state index contributed by atoms with van der Waals surface area (Å²) in [6.07, 6.45) is 4.97. The maximum Gasteiger partial charge on any atom is 0.220 e. The van der Waals surface area contributed by atoms with Crippen LogP contribution >= 0.6 is 0 Å². The van der Waals surface area contributed by atoms with Crippen LogP contribution in [0.2, 0.25) is 0 Å². The molecular weight excluding hydrogens is 329 g/mol. The zero-order valence-electron chi connectivity index (χ0n) is 15.1. The summed E-state index contributed by atoms with van der Waals surface area (Å²) >= 11 is 0. The van der Waals surface area contributed by atoms with Gasteiger partial charge in [-0.15, -0.1) is 0 Å². The van der Waals surface area contributed by atoms with Gasteiger partial charge in [0.2, 0.25) is 5.91 Å². The number of carbonyl (C=O) groups excluding carboxylic acids is 2. The largest absolute Gasteiger partial charge is 0.350 e. The number of nitrogens with one attached hydrogen (secondary N) is 1. The molecule has 0 saturated heterocycles. The molecule has 2 aromatic carbocycles. The first kappa shape index (κ1) is 18.3. The molecule has 0 aliphatic heterocycles. The fourth-order valence-corrected chi connectivity index (χ4v) is 3.43. The lowest BCUT2D eigenvalue weighted by Gasteiger charge is -2.20. The highest BCUT2D eigenvalue weighted by molar-refractivity contribution is 5.97. The van der Waals surface area contributed by atoms with Gasteiger partial charge in [-0.25, -0.2) is 4.39 Å². The summed E-state index contributed by atoms with van der Waals surface area (Å²) < 4.78 is 12.9. The van der Waals surface area contributed by atoms with Crippen LogP contribution in [0.15, 0.2) is 42.5 Å². The van der Waals surface area contributed by atoms with Gasteiger partial charge in [0.15, 0.2) is 5.78 Å². The Balaban J connectivity index is 1.52. The zero-order valence-corrected chi connectivity index (χ0v) is 15.1. The molecule has 0 saturated carbocycles. The van der Waals surface area contributed by atoms with Crippen molar-refractivity contribution in [2.24, 2.45) is 0 Å². The molecule has 26 heavy (non-hydrogen) atoms. The molecule has 0 spiro atoms. The predicted octanol–water partition coefficient (Wildman–Crippen LogP) is 4.54. The van der Waals surface area contributed by atoms with E-state index < -0.39 is 0 Å². The number of rotatable bonds is 6. The minimum Gasteiger partial charge on any atom is -0.350 e. The third kappa shape index (κ3) is 4.57. The van der Waals surface area contributed by atoms with Crippen LogP contribution in [-0.2, 0) is 17.6 Å². The molecule has 1 N–H and O–H groups in total. The number of Topliss-reactive ketones (excluding diaryl/α,β-unsaturated/α-hetero) is 1. The highest BCUT2D eigenvalue weighted by Gasteiger charge is 2.15. The fourth-order valence-electron chi connectivity index (χ4n) is 3.43. The number of hydrogen-bond donors (Lipinski definition) is 1. The Morgan fingerprint density at radius 3 is 2.42 bits per heavy atom. The molecule has 3 nitrogen and oxygen atoms in total. The predicted molar refractivity (Wildman–Crippen MR) is 99.6 cm³/mol. The molecule has 0 bridgehead atoms. The van der Waals surface area contributed by atoms with E-state index >= 15 is 0 Å². The monoisotopic (exact) mass is 353 g/mol. The highest BCUT2D eigenvalue weighted by Crippen LogP contribution is 2.24. The van der Waals surface area contributed by atoms with Crippen molar-refractivity contribution < 1.29 is 14.0 Å². The molecule has 4 heteroatoms. The van der Waals surface area contributed by atoms with Crippen molar-refractivity contribution in [2.45, 2.75) is 51.5 Å². The van der Waals surface area contributed by atoms with Crippen molar-refractivity contribution in [3.05, 3.63) is 70.5 Å². The molecule has 2 aromatic rings. The van der Waals surface area contributed by atoms with Crippen LogP contribution in [0, 0.1) is 5.82 Å². The maximum absolute atomic E-state index is 12.9. The van der Waals surface area contributed by atoms with E-state index in [1.807, 2.05) is 6.92 Å². The summed E-state index contributed by atoms with van der Waals surface area (Å²) in [5.74, 6) is -0.676. The third-order valence-electron chi connectivity index (χ3n) is 5.00. The summed E-state index contributed by atoms with van der Waals surface area (Å²) in [6.45, 7) is 1.96. The van der Waals surface area contributed by atoms with E-state index in [1.165, 1.54) is 48.2 Å². The molecule has 3 rings (SSSR count). The second-order valence-corrected chi connectivity index (χ2v) is 6.95. The van der Waals surface area contributed by atoms with Gasteiger partial charge >= 0.3 is 0 Å². The van der Waals surface area contributed by atoms with Crippen molar-refractivity contribution in [3.8, 4) is 0 Å². The van der Waals surface area contributed by atoms with E-state index in [0.29, 0.717) is 5.56 Å². The average Bonchev–Trinajstić information content (AvgIpc) is 2.66. The number of hydrogen-bond acceptors (Lipinski definition) is 2. The van der Waals surface area contributed by atoms with Crippen LogP contribution in [0.25, 0.3) is 0 Å². The summed E-state index contributed by atoms with van der Waals surface area (Å²) in [7, 11) is 0. The van der Waals surface area contributed by atoms with Gasteiger partial charge in [-0.1, -0.05) is 18.2 Å². The first-order chi connectivity index (χ1) is 12.5. The molecule has 0 aromatic heterocycles. The minimum absolute atomic E-state index is 0.0874. The first-order valence-corrected chi connectivity index (χ1v) is 9.23. The number of benzene rings is 2. The van der Waals surface area contributed by atoms with Crippen LogP contribution < -0.4 is 5.32 Å². The topological polar surface area (TPSA) is 46.2 Å². The number of amides is 1. The van der Waals surface area contributed by atoms with Gasteiger partial charge in [0, 0.05) is 18.4 Å². The molecule has 0 heterocycles. The second-order valence-electron chi connectivity index (χ2n) is 6.95. The van der Waals surface area contributed by atoms with Gasteiger partial charge in [0.1, 0.15) is 5.82 Å². The molecule has 1 aliphatic rings. The van der Waals surface area contributed by atoms with Gasteiger partial charge in [0.05, 0.1) is 6.04 Å². The van der Waals surface area contributed by atoms with E-state index in [1.54, 1.807) is 0 Å². The van der Waals surface area contributed by atoms with Crippen molar-refractivity contribution in [2.75, 3.05) is 0 Å². The van der Waals surface area contributed by atoms with E-state index in [4.69, 9.17) is 0 Å². The van der Waals surface area contributed by atoms with Crippen LogP contribution in [0.1, 0.15) is 65.7 Å². The van der Waals surface area contributed by atoms with E-state index in [9.17, 15) is 14.0 Å². The molecular formula is C22H24FNO2. The third-order valence-corrected chi connectivity index (χ3v) is 5.00. The lowest BCUT2D eigenvalue weighted by atomic mass is 9.89. The van der Waals surface area contributed by atoms with E-state index in [2.05, 4.69) is 23.5 Å². The Morgan fingerprint density at radius 1 is 1.00 bits per heavy atom. The first-order valence-electron chi connectivity index (χ1n) is 9.23. The minimum atomic E-state index is -0.377. The second kappa shape index (κ2) is 8.26. The van der Waals surface area contributed by atoms with Crippen LogP contribution in [0.3, 0.4) is 0 Å². The maximum atomic E-state index is 12.9. The molecule has 0 radical (unpaired) electrons. The van der Waals surface area contributed by atoms with Gasteiger partial charge in [-0.3, -0.25) is 9.59 Å². The van der Waals surface area contributed by atoms with Gasteiger partial charge < -0.3 is 5.32 Å². The van der Waals surface area contributed by atoms with Crippen molar-refractivity contribution in [1.29, 1.82) is 0 Å². The van der Waals surface area contributed by atoms with Crippen molar-refractivity contribution >= 4 is 11.7 Å². The smallest absolute Gasteiger partial charge is 0.220 e. The Morgan fingerprint density at radius 2 is 1.69 bits per heavy atom. The summed E-state index contributed by atoms with van der Waals surface area (Å²) in [5, 5.41) is 2.97. The lowest BCUT2D eigenvalue weighted by Crippen LogP contribution is -2.27. The average molecular weight is 353 g/mol. The lowest BCUT2D eigenvalue weighted by molar-refractivity contribution is -0.121. The van der Waals surface area contributed by atoms with Crippen LogP contribution in [0.4, 0.5) is 4.39 Å². The molecule has 1 atom stereocenters. The molecule has 1 amide bonds.